The molecule has 2 fully saturated rings. The molecule has 0 unspecified atom stereocenters. The average Bonchev–Trinajstić information content (AvgIpc) is 3.13. The number of hydrogen-bond acceptors (Lipinski definition) is 2. The van der Waals surface area contributed by atoms with Crippen molar-refractivity contribution < 1.29 is 17.9 Å². The Bertz CT molecular complexity index is 633. The van der Waals surface area contributed by atoms with Gasteiger partial charge in [-0.25, -0.2) is 0 Å². The first-order valence-electron chi connectivity index (χ1n) is 9.21. The molecule has 0 aromatic heterocycles. The van der Waals surface area contributed by atoms with Gasteiger partial charge in [-0.1, -0.05) is 31.0 Å². The van der Waals surface area contributed by atoms with Gasteiger partial charge in [-0.05, 0) is 37.3 Å². The third kappa shape index (κ3) is 4.50. The first-order valence-corrected chi connectivity index (χ1v) is 9.21. The lowest BCUT2D eigenvalue weighted by atomic mass is 9.74. The SMILES string of the molecule is NC(=NCC1(c2cccc(C(F)(F)F)c2)CCOCC1)NC1CCCC1. The molecule has 1 heterocycles. The van der Waals surface area contributed by atoms with Crippen molar-refractivity contribution >= 4 is 5.96 Å². The number of alkyl halides is 3. The van der Waals surface area contributed by atoms with E-state index in [0.717, 1.165) is 18.9 Å². The fourth-order valence-corrected chi connectivity index (χ4v) is 3.89. The summed E-state index contributed by atoms with van der Waals surface area (Å²) >= 11 is 0. The Morgan fingerprint density at radius 2 is 1.92 bits per heavy atom. The molecular formula is C19H26F3N3O. The maximum absolute atomic E-state index is 13.1. The van der Waals surface area contributed by atoms with Crippen LogP contribution in [-0.2, 0) is 16.3 Å². The molecular weight excluding hydrogens is 343 g/mol. The Labute approximate surface area is 152 Å². The molecule has 7 heteroatoms. The second-order valence-corrected chi connectivity index (χ2v) is 7.30. The van der Waals surface area contributed by atoms with Gasteiger partial charge in [-0.2, -0.15) is 13.2 Å². The number of nitrogens with two attached hydrogens (primary N) is 1. The minimum Gasteiger partial charge on any atom is -0.381 e. The molecule has 0 radical (unpaired) electrons. The number of benzene rings is 1. The van der Waals surface area contributed by atoms with E-state index in [1.807, 2.05) is 0 Å². The van der Waals surface area contributed by atoms with Crippen molar-refractivity contribution in [3.63, 3.8) is 0 Å². The lowest BCUT2D eigenvalue weighted by molar-refractivity contribution is -0.137. The van der Waals surface area contributed by atoms with E-state index < -0.39 is 17.2 Å². The summed E-state index contributed by atoms with van der Waals surface area (Å²) in [5.41, 5.74) is 5.60. The van der Waals surface area contributed by atoms with Crippen LogP contribution in [-0.4, -0.2) is 31.8 Å². The monoisotopic (exact) mass is 369 g/mol. The van der Waals surface area contributed by atoms with Crippen molar-refractivity contribution in [2.24, 2.45) is 10.7 Å². The van der Waals surface area contributed by atoms with Gasteiger partial charge in [0, 0.05) is 24.7 Å². The van der Waals surface area contributed by atoms with Gasteiger partial charge in [0.15, 0.2) is 5.96 Å². The largest absolute Gasteiger partial charge is 0.416 e. The minimum absolute atomic E-state index is 0.359. The first kappa shape index (κ1) is 19.0. The van der Waals surface area contributed by atoms with Gasteiger partial charge in [-0.3, -0.25) is 4.99 Å². The predicted octanol–water partition coefficient (Wildman–Crippen LogP) is 3.60. The molecule has 1 saturated heterocycles. The summed E-state index contributed by atoms with van der Waals surface area (Å²) in [5.74, 6) is 0.384. The highest BCUT2D eigenvalue weighted by Gasteiger charge is 2.37. The first-order chi connectivity index (χ1) is 12.4. The number of nitrogens with one attached hydrogen (secondary N) is 1. The maximum Gasteiger partial charge on any atom is 0.416 e. The number of guanidine groups is 1. The van der Waals surface area contributed by atoms with Gasteiger partial charge in [0.05, 0.1) is 12.1 Å². The van der Waals surface area contributed by atoms with Crippen LogP contribution in [0.1, 0.15) is 49.7 Å². The summed E-state index contributed by atoms with van der Waals surface area (Å²) in [5, 5.41) is 3.24. The molecule has 26 heavy (non-hydrogen) atoms. The molecule has 0 spiro atoms. The predicted molar refractivity (Wildman–Crippen MR) is 95.1 cm³/mol. The maximum atomic E-state index is 13.1. The molecule has 3 N–H and O–H groups in total. The lowest BCUT2D eigenvalue weighted by Gasteiger charge is -2.37. The van der Waals surface area contributed by atoms with E-state index in [-0.39, 0.29) is 0 Å². The molecule has 4 nitrogen and oxygen atoms in total. The van der Waals surface area contributed by atoms with Crippen molar-refractivity contribution in [1.29, 1.82) is 0 Å². The van der Waals surface area contributed by atoms with Crippen LogP contribution in [0.4, 0.5) is 13.2 Å². The van der Waals surface area contributed by atoms with Crippen molar-refractivity contribution in [2.45, 2.75) is 56.2 Å². The molecule has 1 aliphatic heterocycles. The number of aliphatic imine (C=N–C) groups is 1. The number of halogens is 3. The van der Waals surface area contributed by atoms with Gasteiger partial charge in [0.1, 0.15) is 0 Å². The Hall–Kier alpha value is -1.76. The van der Waals surface area contributed by atoms with Crippen molar-refractivity contribution in [1.82, 2.24) is 5.32 Å². The number of ether oxygens (including phenoxy) is 1. The van der Waals surface area contributed by atoms with E-state index in [1.165, 1.54) is 25.0 Å². The molecule has 144 valence electrons. The summed E-state index contributed by atoms with van der Waals surface area (Å²) in [6, 6.07) is 5.95. The molecule has 0 atom stereocenters. The second kappa shape index (κ2) is 7.86. The van der Waals surface area contributed by atoms with Crippen LogP contribution in [0.2, 0.25) is 0 Å². The third-order valence-corrected chi connectivity index (χ3v) is 5.51. The van der Waals surface area contributed by atoms with Crippen molar-refractivity contribution in [3.8, 4) is 0 Å². The topological polar surface area (TPSA) is 59.6 Å². The fraction of sp³-hybridized carbons (Fsp3) is 0.632. The fourth-order valence-electron chi connectivity index (χ4n) is 3.89. The van der Waals surface area contributed by atoms with E-state index >= 15 is 0 Å². The second-order valence-electron chi connectivity index (χ2n) is 7.30. The highest BCUT2D eigenvalue weighted by atomic mass is 19.4. The van der Waals surface area contributed by atoms with Crippen LogP contribution in [0.3, 0.4) is 0 Å². The van der Waals surface area contributed by atoms with E-state index in [2.05, 4.69) is 10.3 Å². The van der Waals surface area contributed by atoms with Crippen LogP contribution in [0.25, 0.3) is 0 Å². The van der Waals surface area contributed by atoms with Crippen LogP contribution in [0.5, 0.6) is 0 Å². The minimum atomic E-state index is -4.35. The lowest BCUT2D eigenvalue weighted by Crippen LogP contribution is -2.41. The highest BCUT2D eigenvalue weighted by Crippen LogP contribution is 2.38. The van der Waals surface area contributed by atoms with E-state index in [0.29, 0.717) is 50.2 Å². The molecule has 3 rings (SSSR count). The Kier molecular flexibility index (Phi) is 5.75. The van der Waals surface area contributed by atoms with Gasteiger partial charge >= 0.3 is 6.18 Å². The summed E-state index contributed by atoms with van der Waals surface area (Å²) in [6.45, 7) is 1.40. The Morgan fingerprint density at radius 1 is 1.23 bits per heavy atom. The van der Waals surface area contributed by atoms with E-state index in [4.69, 9.17) is 10.5 Å². The third-order valence-electron chi connectivity index (χ3n) is 5.51. The zero-order chi connectivity index (χ0) is 18.6. The number of nitrogens with zero attached hydrogens (tertiary/aromatic N) is 1. The number of hydrogen-bond donors (Lipinski definition) is 2. The van der Waals surface area contributed by atoms with Crippen molar-refractivity contribution in [2.75, 3.05) is 19.8 Å². The molecule has 2 aliphatic rings. The summed E-state index contributed by atoms with van der Waals surface area (Å²) in [7, 11) is 0. The molecule has 0 bridgehead atoms. The van der Waals surface area contributed by atoms with Gasteiger partial charge in [0.2, 0.25) is 0 Å². The highest BCUT2D eigenvalue weighted by molar-refractivity contribution is 5.78. The smallest absolute Gasteiger partial charge is 0.381 e. The standard InChI is InChI=1S/C19H26F3N3O/c20-19(21,22)15-5-3-4-14(12-15)18(8-10-26-11-9-18)13-24-17(23)25-16-6-1-2-7-16/h3-5,12,16H,1-2,6-11,13H2,(H3,23,24,25). The van der Waals surface area contributed by atoms with Crippen LogP contribution in [0.15, 0.2) is 29.3 Å². The van der Waals surface area contributed by atoms with Crippen LogP contribution >= 0.6 is 0 Å². The van der Waals surface area contributed by atoms with Crippen LogP contribution < -0.4 is 11.1 Å². The van der Waals surface area contributed by atoms with E-state index in [1.54, 1.807) is 6.07 Å². The Balaban J connectivity index is 1.80. The molecule has 1 aromatic rings. The number of rotatable bonds is 4. The zero-order valence-electron chi connectivity index (χ0n) is 14.8. The quantitative estimate of drug-likeness (QED) is 0.630. The molecule has 1 saturated carbocycles. The summed E-state index contributed by atoms with van der Waals surface area (Å²) in [6.07, 6.45) is 1.47. The zero-order valence-corrected chi connectivity index (χ0v) is 14.8. The average molecular weight is 369 g/mol. The molecule has 0 amide bonds. The van der Waals surface area contributed by atoms with Gasteiger partial charge < -0.3 is 15.8 Å². The summed E-state index contributed by atoms with van der Waals surface area (Å²) < 4.78 is 44.8. The van der Waals surface area contributed by atoms with E-state index in [9.17, 15) is 13.2 Å². The Morgan fingerprint density at radius 3 is 2.58 bits per heavy atom. The summed E-state index contributed by atoms with van der Waals surface area (Å²) in [4.78, 5) is 4.50. The van der Waals surface area contributed by atoms with Crippen LogP contribution in [0, 0.1) is 0 Å². The molecule has 1 aromatic carbocycles. The van der Waals surface area contributed by atoms with Gasteiger partial charge in [-0.15, -0.1) is 0 Å². The normalized spacial score (nSPS) is 21.7. The van der Waals surface area contributed by atoms with Crippen molar-refractivity contribution in [3.05, 3.63) is 35.4 Å². The molecule has 1 aliphatic carbocycles. The van der Waals surface area contributed by atoms with Gasteiger partial charge in [0.25, 0.3) is 0 Å².